The van der Waals surface area contributed by atoms with Crippen molar-refractivity contribution >= 4 is 10.4 Å². The Morgan fingerprint density at radius 1 is 0.941 bits per heavy atom. The highest BCUT2D eigenvalue weighted by Gasteiger charge is 2.42. The van der Waals surface area contributed by atoms with Gasteiger partial charge in [-0.3, -0.25) is 9.11 Å². The molecule has 7 N–H and O–H groups in total. The van der Waals surface area contributed by atoms with Gasteiger partial charge in [-0.15, -0.1) is 0 Å². The second-order valence-corrected chi connectivity index (χ2v) is 4.06. The fourth-order valence-corrected chi connectivity index (χ4v) is 1.08. The van der Waals surface area contributed by atoms with Gasteiger partial charge in [0.05, 0.1) is 6.61 Å². The summed E-state index contributed by atoms with van der Waals surface area (Å²) < 4.78 is 36.2. The van der Waals surface area contributed by atoms with E-state index in [0.717, 1.165) is 0 Å². The Bertz CT molecular complexity index is 302. The molecule has 1 aliphatic rings. The van der Waals surface area contributed by atoms with E-state index in [-0.39, 0.29) is 0 Å². The van der Waals surface area contributed by atoms with Gasteiger partial charge in [0.25, 0.3) is 0 Å². The molecule has 1 heterocycles. The monoisotopic (exact) mass is 278 g/mol. The zero-order chi connectivity index (χ0) is 13.8. The molecule has 17 heavy (non-hydrogen) atoms. The Morgan fingerprint density at radius 2 is 1.35 bits per heavy atom. The summed E-state index contributed by atoms with van der Waals surface area (Å²) in [6, 6.07) is 0. The smallest absolute Gasteiger partial charge is 0.394 e. The molecule has 0 aromatic heterocycles. The summed E-state index contributed by atoms with van der Waals surface area (Å²) in [5.41, 5.74) is 0. The van der Waals surface area contributed by atoms with Gasteiger partial charge in [-0.05, 0) is 0 Å². The van der Waals surface area contributed by atoms with Crippen LogP contribution < -0.4 is 0 Å². The average Bonchev–Trinajstić information content (AvgIpc) is 2.18. The Labute approximate surface area is 96.3 Å². The largest absolute Gasteiger partial charge is 0.394 e. The minimum atomic E-state index is -4.67. The van der Waals surface area contributed by atoms with Crippen LogP contribution in [-0.2, 0) is 15.1 Å². The molecule has 0 aromatic carbocycles. The molecule has 10 nitrogen and oxygen atoms in total. The maximum atomic E-state index is 9.12. The van der Waals surface area contributed by atoms with Crippen LogP contribution in [0.15, 0.2) is 0 Å². The first-order chi connectivity index (χ1) is 7.57. The van der Waals surface area contributed by atoms with Crippen molar-refractivity contribution in [2.75, 3.05) is 6.61 Å². The number of hydrogen-bond acceptors (Lipinski definition) is 8. The van der Waals surface area contributed by atoms with Gasteiger partial charge in [0.2, 0.25) is 0 Å². The van der Waals surface area contributed by atoms with E-state index in [4.69, 9.17) is 43.1 Å². The zero-order valence-electron chi connectivity index (χ0n) is 8.36. The summed E-state index contributed by atoms with van der Waals surface area (Å²) >= 11 is 0. The molecular weight excluding hydrogens is 264 g/mol. The number of aliphatic hydroxyl groups excluding tert-OH is 5. The molecule has 0 amide bonds. The van der Waals surface area contributed by atoms with Gasteiger partial charge in [0.1, 0.15) is 24.4 Å². The Hall–Kier alpha value is -0.370. The van der Waals surface area contributed by atoms with Crippen LogP contribution >= 0.6 is 0 Å². The predicted octanol–water partition coefficient (Wildman–Crippen LogP) is -3.87. The molecule has 0 radical (unpaired) electrons. The molecule has 1 fully saturated rings. The van der Waals surface area contributed by atoms with E-state index in [1.165, 1.54) is 0 Å². The summed E-state index contributed by atoms with van der Waals surface area (Å²) in [7, 11) is -4.67. The van der Waals surface area contributed by atoms with E-state index in [1.54, 1.807) is 0 Å². The molecule has 1 saturated heterocycles. The second kappa shape index (κ2) is 6.53. The fraction of sp³-hybridized carbons (Fsp3) is 1.00. The van der Waals surface area contributed by atoms with E-state index < -0.39 is 47.7 Å². The highest BCUT2D eigenvalue weighted by atomic mass is 32.3. The Kier molecular flexibility index (Phi) is 6.39. The van der Waals surface area contributed by atoms with Crippen LogP contribution in [0.1, 0.15) is 0 Å². The molecule has 0 aliphatic carbocycles. The van der Waals surface area contributed by atoms with Crippen molar-refractivity contribution in [2.24, 2.45) is 0 Å². The molecule has 0 aromatic rings. The van der Waals surface area contributed by atoms with E-state index in [2.05, 4.69) is 4.74 Å². The molecule has 0 spiro atoms. The molecular formula is C6H14O10S. The van der Waals surface area contributed by atoms with Crippen molar-refractivity contribution in [1.29, 1.82) is 0 Å². The van der Waals surface area contributed by atoms with Crippen LogP contribution in [0.4, 0.5) is 0 Å². The van der Waals surface area contributed by atoms with Crippen molar-refractivity contribution < 1.29 is 47.8 Å². The van der Waals surface area contributed by atoms with Crippen molar-refractivity contribution in [1.82, 2.24) is 0 Å². The lowest BCUT2D eigenvalue weighted by atomic mass is 10.00. The summed E-state index contributed by atoms with van der Waals surface area (Å²) in [6.07, 6.45) is -7.04. The van der Waals surface area contributed by atoms with Crippen LogP contribution in [0.3, 0.4) is 0 Å². The van der Waals surface area contributed by atoms with Crippen molar-refractivity contribution in [2.45, 2.75) is 30.7 Å². The van der Waals surface area contributed by atoms with E-state index in [9.17, 15) is 0 Å². The summed E-state index contributed by atoms with van der Waals surface area (Å²) in [6.45, 7) is -0.526. The van der Waals surface area contributed by atoms with Crippen LogP contribution in [0.2, 0.25) is 0 Å². The van der Waals surface area contributed by atoms with Gasteiger partial charge in [-0.2, -0.15) is 8.42 Å². The van der Waals surface area contributed by atoms with Crippen molar-refractivity contribution in [3.8, 4) is 0 Å². The van der Waals surface area contributed by atoms with Gasteiger partial charge >= 0.3 is 10.4 Å². The highest BCUT2D eigenvalue weighted by molar-refractivity contribution is 7.79. The summed E-state index contributed by atoms with van der Waals surface area (Å²) in [5.74, 6) is 0. The van der Waals surface area contributed by atoms with Gasteiger partial charge < -0.3 is 30.3 Å². The SMILES string of the molecule is O=S(=O)(O)O.OC[C@H]1O[C@H](O)[C@@H](O)[C@@H](O)[C@@H]1O. The van der Waals surface area contributed by atoms with Gasteiger partial charge in [0, 0.05) is 0 Å². The van der Waals surface area contributed by atoms with Gasteiger partial charge in [-0.1, -0.05) is 0 Å². The molecule has 5 atom stereocenters. The molecule has 0 saturated carbocycles. The zero-order valence-corrected chi connectivity index (χ0v) is 9.17. The number of rotatable bonds is 1. The Morgan fingerprint density at radius 3 is 1.71 bits per heavy atom. The van der Waals surface area contributed by atoms with Gasteiger partial charge in [0.15, 0.2) is 6.29 Å². The quantitative estimate of drug-likeness (QED) is 0.234. The molecule has 0 unspecified atom stereocenters. The van der Waals surface area contributed by atoms with E-state index in [1.807, 2.05) is 0 Å². The maximum Gasteiger partial charge on any atom is 0.394 e. The number of hydrogen-bond donors (Lipinski definition) is 7. The first-order valence-corrected chi connectivity index (χ1v) is 5.66. The third kappa shape index (κ3) is 6.21. The van der Waals surface area contributed by atoms with Gasteiger partial charge in [-0.25, -0.2) is 0 Å². The highest BCUT2D eigenvalue weighted by Crippen LogP contribution is 2.18. The average molecular weight is 278 g/mol. The van der Waals surface area contributed by atoms with Crippen molar-refractivity contribution in [3.63, 3.8) is 0 Å². The first kappa shape index (κ1) is 16.6. The predicted molar refractivity (Wildman–Crippen MR) is 50.2 cm³/mol. The molecule has 1 rings (SSSR count). The minimum absolute atomic E-state index is 0.526. The summed E-state index contributed by atoms with van der Waals surface area (Å²) in [5, 5.41) is 44.7. The minimum Gasteiger partial charge on any atom is -0.394 e. The molecule has 104 valence electrons. The first-order valence-electron chi connectivity index (χ1n) is 4.26. The topological polar surface area (TPSA) is 185 Å². The maximum absolute atomic E-state index is 9.12. The normalized spacial score (nSPS) is 38.2. The molecule has 0 bridgehead atoms. The van der Waals surface area contributed by atoms with Crippen LogP contribution in [0, 0.1) is 0 Å². The fourth-order valence-electron chi connectivity index (χ4n) is 1.08. The number of aliphatic hydroxyl groups is 5. The van der Waals surface area contributed by atoms with Crippen LogP contribution in [-0.4, -0.2) is 80.4 Å². The third-order valence-corrected chi connectivity index (χ3v) is 1.87. The van der Waals surface area contributed by atoms with E-state index in [0.29, 0.717) is 0 Å². The lowest BCUT2D eigenvalue weighted by Gasteiger charge is -2.37. The van der Waals surface area contributed by atoms with Crippen LogP contribution in [0.5, 0.6) is 0 Å². The van der Waals surface area contributed by atoms with Crippen LogP contribution in [0.25, 0.3) is 0 Å². The van der Waals surface area contributed by atoms with Crippen molar-refractivity contribution in [3.05, 3.63) is 0 Å². The van der Waals surface area contributed by atoms with E-state index >= 15 is 0 Å². The summed E-state index contributed by atoms with van der Waals surface area (Å²) in [4.78, 5) is 0. The molecule has 1 aliphatic heterocycles. The second-order valence-electron chi connectivity index (χ2n) is 3.17. The lowest BCUT2D eigenvalue weighted by Crippen LogP contribution is -2.58. The Balaban J connectivity index is 0.000000437. The molecule has 11 heteroatoms. The number of ether oxygens (including phenoxy) is 1. The standard InChI is InChI=1S/C6H12O6.H2O4S/c7-1-2-3(8)4(9)5(10)6(11)12-2;1-5(2,3)4/h2-11H,1H2;(H2,1,2,3,4)/t2-,3-,4+,5+,6+;/m1./s1. The lowest BCUT2D eigenvalue weighted by molar-refractivity contribution is -0.286. The third-order valence-electron chi connectivity index (χ3n) is 1.87.